The molecule has 180 valence electrons. The predicted molar refractivity (Wildman–Crippen MR) is 134 cm³/mol. The van der Waals surface area contributed by atoms with Crippen LogP contribution in [0.5, 0.6) is 0 Å². The number of amides is 1. The first-order valence-corrected chi connectivity index (χ1v) is 12.4. The monoisotopic (exact) mass is 474 g/mol. The molecule has 10 heteroatoms. The summed E-state index contributed by atoms with van der Waals surface area (Å²) in [6.07, 6.45) is 10.7. The van der Waals surface area contributed by atoms with Crippen LogP contribution in [-0.4, -0.2) is 28.9 Å². The molecule has 1 aromatic heterocycles. The van der Waals surface area contributed by atoms with E-state index < -0.39 is 4.92 Å². The second kappa shape index (κ2) is 14.3. The van der Waals surface area contributed by atoms with Crippen LogP contribution in [0.1, 0.15) is 72.1 Å². The van der Waals surface area contributed by atoms with Crippen molar-refractivity contribution in [3.05, 3.63) is 34.5 Å². The maximum absolute atomic E-state index is 11.8. The third-order valence-corrected chi connectivity index (χ3v) is 5.96. The Hall–Kier alpha value is -2.88. The highest BCUT2D eigenvalue weighted by Gasteiger charge is 2.13. The molecule has 0 spiro atoms. The number of anilines is 2. The molecule has 0 aliphatic heterocycles. The summed E-state index contributed by atoms with van der Waals surface area (Å²) in [4.78, 5) is 28.4. The Bertz CT molecular complexity index is 919. The lowest BCUT2D eigenvalue weighted by Gasteiger charge is -2.26. The van der Waals surface area contributed by atoms with Crippen LogP contribution < -0.4 is 10.2 Å². The minimum absolute atomic E-state index is 0.0943. The number of azo groups is 1. The number of thiazole rings is 1. The standard InChI is InChI=1S/C23H34N6O3S/c1-4-6-8-10-14-28(15-11-9-7-5-2)19-12-13-20(21(16-19)25-18(3)30)26-27-23-24-17-22(33-23)29(31)32/h12-13,16-17H,4-11,14-15H2,1-3H3,(H,25,30). The van der Waals surface area contributed by atoms with E-state index in [0.29, 0.717) is 11.4 Å². The molecule has 0 atom stereocenters. The van der Waals surface area contributed by atoms with Gasteiger partial charge in [-0.2, -0.15) is 0 Å². The number of aromatic nitrogens is 1. The number of nitrogens with zero attached hydrogens (tertiary/aromatic N) is 5. The molecule has 0 bridgehead atoms. The van der Waals surface area contributed by atoms with Gasteiger partial charge in [-0.25, -0.2) is 4.98 Å². The van der Waals surface area contributed by atoms with Crippen LogP contribution in [-0.2, 0) is 4.79 Å². The normalized spacial score (nSPS) is 11.1. The number of carbonyl (C=O) groups is 1. The van der Waals surface area contributed by atoms with E-state index in [1.807, 2.05) is 18.2 Å². The molecule has 0 aliphatic carbocycles. The van der Waals surface area contributed by atoms with Gasteiger partial charge in [-0.3, -0.25) is 14.9 Å². The van der Waals surface area contributed by atoms with E-state index in [0.717, 1.165) is 49.2 Å². The van der Waals surface area contributed by atoms with Gasteiger partial charge in [-0.1, -0.05) is 52.4 Å². The number of rotatable bonds is 15. The molecule has 0 saturated heterocycles. The maximum Gasteiger partial charge on any atom is 0.345 e. The third-order valence-electron chi connectivity index (χ3n) is 5.12. The van der Waals surface area contributed by atoms with E-state index in [1.54, 1.807) is 0 Å². The Morgan fingerprint density at radius 2 is 1.76 bits per heavy atom. The quantitative estimate of drug-likeness (QED) is 0.125. The summed E-state index contributed by atoms with van der Waals surface area (Å²) in [6, 6.07) is 5.74. The summed E-state index contributed by atoms with van der Waals surface area (Å²) in [5.74, 6) is -0.203. The first-order chi connectivity index (χ1) is 15.9. The zero-order valence-corrected chi connectivity index (χ0v) is 20.6. The van der Waals surface area contributed by atoms with Gasteiger partial charge in [0.05, 0.1) is 10.6 Å². The predicted octanol–water partition coefficient (Wildman–Crippen LogP) is 7.39. The fourth-order valence-electron chi connectivity index (χ4n) is 3.41. The summed E-state index contributed by atoms with van der Waals surface area (Å²) in [5, 5.41) is 22.0. The van der Waals surface area contributed by atoms with Gasteiger partial charge in [0, 0.05) is 25.7 Å². The van der Waals surface area contributed by atoms with E-state index in [1.165, 1.54) is 45.4 Å². The van der Waals surface area contributed by atoms with Gasteiger partial charge in [0.1, 0.15) is 11.9 Å². The van der Waals surface area contributed by atoms with Crippen molar-refractivity contribution in [2.24, 2.45) is 10.2 Å². The Morgan fingerprint density at radius 3 is 2.30 bits per heavy atom. The number of hydrogen-bond donors (Lipinski definition) is 1. The van der Waals surface area contributed by atoms with Crippen molar-refractivity contribution in [1.82, 2.24) is 4.98 Å². The van der Waals surface area contributed by atoms with Gasteiger partial charge in [-0.05, 0) is 42.4 Å². The molecule has 33 heavy (non-hydrogen) atoms. The van der Waals surface area contributed by atoms with Crippen molar-refractivity contribution < 1.29 is 9.72 Å². The molecular formula is C23H34N6O3S. The number of carbonyl (C=O) groups excluding carboxylic acids is 1. The molecule has 0 fully saturated rings. The topological polar surface area (TPSA) is 113 Å². The van der Waals surface area contributed by atoms with Gasteiger partial charge in [0.25, 0.3) is 0 Å². The van der Waals surface area contributed by atoms with Crippen LogP contribution in [0.2, 0.25) is 0 Å². The zero-order chi connectivity index (χ0) is 24.1. The SMILES string of the molecule is CCCCCCN(CCCCCC)c1ccc(N=Nc2ncc([N+](=O)[O-])s2)c(NC(C)=O)c1. The van der Waals surface area contributed by atoms with Crippen molar-refractivity contribution in [1.29, 1.82) is 0 Å². The first-order valence-electron chi connectivity index (χ1n) is 11.6. The average molecular weight is 475 g/mol. The molecule has 9 nitrogen and oxygen atoms in total. The van der Waals surface area contributed by atoms with Gasteiger partial charge in [-0.15, -0.1) is 10.2 Å². The third kappa shape index (κ3) is 9.25. The van der Waals surface area contributed by atoms with Crippen molar-refractivity contribution in [2.75, 3.05) is 23.3 Å². The van der Waals surface area contributed by atoms with Crippen LogP contribution in [0.3, 0.4) is 0 Å². The van der Waals surface area contributed by atoms with Crippen LogP contribution in [0.25, 0.3) is 0 Å². The second-order valence-electron chi connectivity index (χ2n) is 7.93. The van der Waals surface area contributed by atoms with Crippen molar-refractivity contribution in [3.8, 4) is 0 Å². The molecule has 1 heterocycles. The molecule has 1 N–H and O–H groups in total. The van der Waals surface area contributed by atoms with Gasteiger partial charge >= 0.3 is 5.00 Å². The molecule has 1 aromatic carbocycles. The van der Waals surface area contributed by atoms with Crippen molar-refractivity contribution in [3.63, 3.8) is 0 Å². The average Bonchev–Trinajstić information content (AvgIpc) is 3.26. The largest absolute Gasteiger partial charge is 0.371 e. The Balaban J connectivity index is 2.23. The van der Waals surface area contributed by atoms with Crippen LogP contribution >= 0.6 is 11.3 Å². The maximum atomic E-state index is 11.8. The lowest BCUT2D eigenvalue weighted by atomic mass is 10.1. The van der Waals surface area contributed by atoms with Crippen molar-refractivity contribution in [2.45, 2.75) is 72.1 Å². The van der Waals surface area contributed by atoms with Gasteiger partial charge in [0.15, 0.2) is 0 Å². The molecular weight excluding hydrogens is 440 g/mol. The minimum atomic E-state index is -0.510. The number of hydrogen-bond acceptors (Lipinski definition) is 8. The Labute approximate surface area is 199 Å². The van der Waals surface area contributed by atoms with E-state index in [2.05, 4.69) is 39.3 Å². The van der Waals surface area contributed by atoms with Crippen LogP contribution in [0.4, 0.5) is 27.2 Å². The molecule has 0 unspecified atom stereocenters. The molecule has 1 amide bonds. The van der Waals surface area contributed by atoms with E-state index in [9.17, 15) is 14.9 Å². The highest BCUT2D eigenvalue weighted by molar-refractivity contribution is 7.18. The van der Waals surface area contributed by atoms with Crippen LogP contribution in [0, 0.1) is 10.1 Å². The summed E-state index contributed by atoms with van der Waals surface area (Å²) >= 11 is 0.848. The van der Waals surface area contributed by atoms with E-state index in [-0.39, 0.29) is 16.0 Å². The van der Waals surface area contributed by atoms with Gasteiger partial charge < -0.3 is 10.2 Å². The van der Waals surface area contributed by atoms with Gasteiger partial charge in [0.2, 0.25) is 11.0 Å². The van der Waals surface area contributed by atoms with E-state index >= 15 is 0 Å². The molecule has 0 saturated carbocycles. The first kappa shape index (κ1) is 26.4. The van der Waals surface area contributed by atoms with Crippen molar-refractivity contribution >= 4 is 44.4 Å². The number of benzene rings is 1. The highest BCUT2D eigenvalue weighted by atomic mass is 32.1. The fraction of sp³-hybridized carbons (Fsp3) is 0.565. The lowest BCUT2D eigenvalue weighted by molar-refractivity contribution is -0.380. The smallest absolute Gasteiger partial charge is 0.345 e. The Kier molecular flexibility index (Phi) is 11.4. The second-order valence-corrected chi connectivity index (χ2v) is 8.92. The fourth-order valence-corrected chi connectivity index (χ4v) is 3.96. The minimum Gasteiger partial charge on any atom is -0.371 e. The van der Waals surface area contributed by atoms with E-state index in [4.69, 9.17) is 0 Å². The summed E-state index contributed by atoms with van der Waals surface area (Å²) in [7, 11) is 0. The summed E-state index contributed by atoms with van der Waals surface area (Å²) in [5.41, 5.74) is 2.07. The Morgan fingerprint density at radius 1 is 1.09 bits per heavy atom. The lowest BCUT2D eigenvalue weighted by Crippen LogP contribution is -2.26. The molecule has 2 rings (SSSR count). The zero-order valence-electron chi connectivity index (χ0n) is 19.7. The molecule has 2 aromatic rings. The highest BCUT2D eigenvalue weighted by Crippen LogP contribution is 2.34. The molecule has 0 radical (unpaired) electrons. The van der Waals surface area contributed by atoms with Crippen LogP contribution in [0.15, 0.2) is 34.6 Å². The number of nitrogens with one attached hydrogen (secondary N) is 1. The number of unbranched alkanes of at least 4 members (excludes halogenated alkanes) is 6. The number of nitro groups is 1. The summed E-state index contributed by atoms with van der Waals surface area (Å²) < 4.78 is 0. The molecule has 0 aliphatic rings. The summed E-state index contributed by atoms with van der Waals surface area (Å²) in [6.45, 7) is 7.80.